The zero-order valence-corrected chi connectivity index (χ0v) is 17.4. The van der Waals surface area contributed by atoms with Crippen molar-refractivity contribution in [2.45, 2.75) is 58.3 Å². The Morgan fingerprint density at radius 1 is 0.893 bits per heavy atom. The molecule has 1 aliphatic rings. The number of amides is 1. The zero-order chi connectivity index (χ0) is 20.5. The number of hydrogen-bond donors (Lipinski definition) is 1. The Bertz CT molecular complexity index is 895. The lowest BCUT2D eigenvalue weighted by atomic mass is 9.63. The van der Waals surface area contributed by atoms with Gasteiger partial charge in [-0.15, -0.1) is 0 Å². The highest BCUT2D eigenvalue weighted by atomic mass is 16.5. The highest BCUT2D eigenvalue weighted by Crippen LogP contribution is 2.46. The van der Waals surface area contributed by atoms with Gasteiger partial charge in [0.2, 0.25) is 0 Å². The Kier molecular flexibility index (Phi) is 5.33. The monoisotopic (exact) mass is 379 g/mol. The van der Waals surface area contributed by atoms with Crippen LogP contribution in [0.15, 0.2) is 42.5 Å². The second-order valence-corrected chi connectivity index (χ2v) is 8.78. The molecule has 1 N–H and O–H groups in total. The van der Waals surface area contributed by atoms with Crippen molar-refractivity contribution in [3.8, 4) is 0 Å². The lowest BCUT2D eigenvalue weighted by Crippen LogP contribution is -2.33. The van der Waals surface area contributed by atoms with E-state index in [0.717, 1.165) is 18.5 Å². The first kappa shape index (κ1) is 20.1. The summed E-state index contributed by atoms with van der Waals surface area (Å²) >= 11 is 0. The topological polar surface area (TPSA) is 55.4 Å². The fraction of sp³-hybridized carbons (Fsp3) is 0.417. The summed E-state index contributed by atoms with van der Waals surface area (Å²) in [5.74, 6) is -0.572. The molecule has 0 spiro atoms. The fourth-order valence-corrected chi connectivity index (χ4v) is 3.84. The first-order chi connectivity index (χ1) is 13.1. The van der Waals surface area contributed by atoms with E-state index in [1.807, 2.05) is 6.07 Å². The van der Waals surface area contributed by atoms with Crippen molar-refractivity contribution in [2.24, 2.45) is 0 Å². The summed E-state index contributed by atoms with van der Waals surface area (Å²) in [6.07, 6.45) is 2.28. The molecule has 0 heterocycles. The van der Waals surface area contributed by atoms with Gasteiger partial charge in [0, 0.05) is 11.3 Å². The SMILES string of the molecule is CCOC(=O)c1ccc(C(=O)Nc2ccc3c(c2)C(C)(C)CCC3(C)C)cc1. The van der Waals surface area contributed by atoms with Crippen LogP contribution in [0.4, 0.5) is 5.69 Å². The van der Waals surface area contributed by atoms with Crippen molar-refractivity contribution in [1.82, 2.24) is 0 Å². The summed E-state index contributed by atoms with van der Waals surface area (Å²) in [4.78, 5) is 24.4. The van der Waals surface area contributed by atoms with Crippen molar-refractivity contribution in [3.05, 3.63) is 64.7 Å². The minimum atomic E-state index is -0.381. The number of carbonyl (C=O) groups excluding carboxylic acids is 2. The lowest BCUT2D eigenvalue weighted by molar-refractivity contribution is 0.0526. The number of benzene rings is 2. The van der Waals surface area contributed by atoms with Crippen molar-refractivity contribution >= 4 is 17.6 Å². The number of hydrogen-bond acceptors (Lipinski definition) is 3. The van der Waals surface area contributed by atoms with Gasteiger partial charge >= 0.3 is 5.97 Å². The average Bonchev–Trinajstić information content (AvgIpc) is 2.66. The van der Waals surface area contributed by atoms with E-state index in [0.29, 0.717) is 17.7 Å². The van der Waals surface area contributed by atoms with E-state index in [-0.39, 0.29) is 22.7 Å². The van der Waals surface area contributed by atoms with Crippen LogP contribution in [-0.4, -0.2) is 18.5 Å². The molecule has 0 bridgehead atoms. The molecule has 0 radical (unpaired) electrons. The maximum absolute atomic E-state index is 12.7. The molecular formula is C24H29NO3. The second-order valence-electron chi connectivity index (χ2n) is 8.78. The smallest absolute Gasteiger partial charge is 0.338 e. The van der Waals surface area contributed by atoms with Crippen LogP contribution >= 0.6 is 0 Å². The number of fused-ring (bicyclic) bond motifs is 1. The normalized spacial score (nSPS) is 16.8. The Hall–Kier alpha value is -2.62. The Labute approximate surface area is 167 Å². The van der Waals surface area contributed by atoms with Crippen LogP contribution in [0.3, 0.4) is 0 Å². The molecule has 3 rings (SSSR count). The number of nitrogens with one attached hydrogen (secondary N) is 1. The third-order valence-electron chi connectivity index (χ3n) is 5.77. The number of ether oxygens (including phenoxy) is 1. The van der Waals surface area contributed by atoms with Gasteiger partial charge in [-0.3, -0.25) is 4.79 Å². The number of rotatable bonds is 4. The third-order valence-corrected chi connectivity index (χ3v) is 5.77. The summed E-state index contributed by atoms with van der Waals surface area (Å²) in [7, 11) is 0. The van der Waals surface area contributed by atoms with Crippen LogP contribution in [0.25, 0.3) is 0 Å². The third kappa shape index (κ3) is 3.96. The average molecular weight is 380 g/mol. The number of carbonyl (C=O) groups is 2. The van der Waals surface area contributed by atoms with Crippen LogP contribution in [0.2, 0.25) is 0 Å². The minimum Gasteiger partial charge on any atom is -0.462 e. The van der Waals surface area contributed by atoms with E-state index in [9.17, 15) is 9.59 Å². The zero-order valence-electron chi connectivity index (χ0n) is 17.4. The van der Waals surface area contributed by atoms with Crippen LogP contribution in [-0.2, 0) is 15.6 Å². The predicted molar refractivity (Wildman–Crippen MR) is 112 cm³/mol. The maximum Gasteiger partial charge on any atom is 0.338 e. The van der Waals surface area contributed by atoms with Gasteiger partial charge in [-0.05, 0) is 78.1 Å². The van der Waals surface area contributed by atoms with E-state index < -0.39 is 0 Å². The molecule has 0 unspecified atom stereocenters. The van der Waals surface area contributed by atoms with E-state index >= 15 is 0 Å². The van der Waals surface area contributed by atoms with E-state index in [1.54, 1.807) is 31.2 Å². The Morgan fingerprint density at radius 3 is 2.07 bits per heavy atom. The molecule has 0 aliphatic heterocycles. The van der Waals surface area contributed by atoms with Gasteiger partial charge in [-0.25, -0.2) is 4.79 Å². The summed E-state index contributed by atoms with van der Waals surface area (Å²) in [6.45, 7) is 11.2. The number of anilines is 1. The maximum atomic E-state index is 12.7. The molecule has 2 aromatic carbocycles. The largest absolute Gasteiger partial charge is 0.462 e. The molecule has 2 aromatic rings. The van der Waals surface area contributed by atoms with E-state index in [4.69, 9.17) is 4.74 Å². The van der Waals surface area contributed by atoms with Crippen molar-refractivity contribution < 1.29 is 14.3 Å². The van der Waals surface area contributed by atoms with Crippen LogP contribution in [0.5, 0.6) is 0 Å². The summed E-state index contributed by atoms with van der Waals surface area (Å²) in [6, 6.07) is 12.8. The van der Waals surface area contributed by atoms with E-state index in [2.05, 4.69) is 45.1 Å². The summed E-state index contributed by atoms with van der Waals surface area (Å²) in [5, 5.41) is 2.99. The number of esters is 1. The molecule has 4 heteroatoms. The van der Waals surface area contributed by atoms with Gasteiger partial charge in [0.1, 0.15) is 0 Å². The molecule has 0 saturated heterocycles. The van der Waals surface area contributed by atoms with Crippen molar-refractivity contribution in [1.29, 1.82) is 0 Å². The molecule has 0 aromatic heterocycles. The van der Waals surface area contributed by atoms with Gasteiger partial charge in [0.05, 0.1) is 12.2 Å². The predicted octanol–water partition coefficient (Wildman–Crippen LogP) is 5.46. The molecule has 0 fully saturated rings. The highest BCUT2D eigenvalue weighted by Gasteiger charge is 2.37. The molecule has 0 atom stereocenters. The molecule has 4 nitrogen and oxygen atoms in total. The summed E-state index contributed by atoms with van der Waals surface area (Å²) in [5.41, 5.74) is 4.65. The minimum absolute atomic E-state index is 0.0902. The fourth-order valence-electron chi connectivity index (χ4n) is 3.84. The van der Waals surface area contributed by atoms with Crippen LogP contribution in [0, 0.1) is 0 Å². The lowest BCUT2D eigenvalue weighted by Gasteiger charge is -2.42. The van der Waals surface area contributed by atoms with Crippen LogP contribution in [0.1, 0.15) is 79.3 Å². The standard InChI is InChI=1S/C24H29NO3/c1-6-28-22(27)17-9-7-16(8-10-17)21(26)25-18-11-12-19-20(15-18)24(4,5)14-13-23(19,2)3/h7-12,15H,6,13-14H2,1-5H3,(H,25,26). The first-order valence-corrected chi connectivity index (χ1v) is 9.87. The Morgan fingerprint density at radius 2 is 1.46 bits per heavy atom. The molecule has 0 saturated carbocycles. The van der Waals surface area contributed by atoms with Gasteiger partial charge in [0.15, 0.2) is 0 Å². The Balaban J connectivity index is 1.81. The molecule has 1 aliphatic carbocycles. The molecule has 28 heavy (non-hydrogen) atoms. The summed E-state index contributed by atoms with van der Waals surface area (Å²) < 4.78 is 4.97. The van der Waals surface area contributed by atoms with Gasteiger partial charge in [-0.2, -0.15) is 0 Å². The molecule has 148 valence electrons. The van der Waals surface area contributed by atoms with Gasteiger partial charge < -0.3 is 10.1 Å². The van der Waals surface area contributed by atoms with Crippen LogP contribution < -0.4 is 5.32 Å². The highest BCUT2D eigenvalue weighted by molar-refractivity contribution is 6.04. The van der Waals surface area contributed by atoms with Crippen molar-refractivity contribution in [2.75, 3.05) is 11.9 Å². The van der Waals surface area contributed by atoms with Crippen molar-refractivity contribution in [3.63, 3.8) is 0 Å². The quantitative estimate of drug-likeness (QED) is 0.717. The van der Waals surface area contributed by atoms with E-state index in [1.165, 1.54) is 11.1 Å². The van der Waals surface area contributed by atoms with Gasteiger partial charge in [0.25, 0.3) is 5.91 Å². The second kappa shape index (κ2) is 7.42. The van der Waals surface area contributed by atoms with Gasteiger partial charge in [-0.1, -0.05) is 33.8 Å². The molecular weight excluding hydrogens is 350 g/mol. The first-order valence-electron chi connectivity index (χ1n) is 9.87. The molecule has 1 amide bonds.